The Labute approximate surface area is 193 Å². The van der Waals surface area contributed by atoms with Gasteiger partial charge < -0.3 is 25.7 Å². The summed E-state index contributed by atoms with van der Waals surface area (Å²) in [4.78, 5) is 26.8. The average molecular weight is 462 g/mol. The zero-order chi connectivity index (χ0) is 23.3. The molecule has 0 aliphatic carbocycles. The third-order valence-corrected chi connectivity index (χ3v) is 6.09. The quantitative estimate of drug-likeness (QED) is 0.311. The van der Waals surface area contributed by atoms with Crippen molar-refractivity contribution < 1.29 is 19.8 Å². The van der Waals surface area contributed by atoms with E-state index in [-0.39, 0.29) is 6.04 Å². The fourth-order valence-corrected chi connectivity index (χ4v) is 4.27. The first kappa shape index (κ1) is 24.1. The second kappa shape index (κ2) is 10.9. The summed E-state index contributed by atoms with van der Waals surface area (Å²) < 4.78 is 0. The average Bonchev–Trinajstić information content (AvgIpc) is 3.51. The van der Waals surface area contributed by atoms with Crippen LogP contribution in [0.25, 0.3) is 0 Å². The summed E-state index contributed by atoms with van der Waals surface area (Å²) in [5.74, 6) is -1.48. The number of anilines is 1. The third kappa shape index (κ3) is 5.26. The number of carbonyl (C=O) groups excluding carboxylic acids is 2. The predicted molar refractivity (Wildman–Crippen MR) is 125 cm³/mol. The zero-order valence-corrected chi connectivity index (χ0v) is 19.1. The molecule has 5 N–H and O–H groups in total. The Morgan fingerprint density at radius 2 is 1.97 bits per heavy atom. The van der Waals surface area contributed by atoms with Crippen molar-refractivity contribution in [3.63, 3.8) is 0 Å². The lowest BCUT2D eigenvalue weighted by Crippen LogP contribution is -2.52. The lowest BCUT2D eigenvalue weighted by molar-refractivity contribution is -0.153. The molecule has 174 valence electrons. The summed E-state index contributed by atoms with van der Waals surface area (Å²) in [6.07, 6.45) is 1.69. The van der Waals surface area contributed by atoms with Gasteiger partial charge >= 0.3 is 0 Å². The van der Waals surface area contributed by atoms with Crippen molar-refractivity contribution in [2.75, 3.05) is 25.1 Å². The van der Waals surface area contributed by atoms with Gasteiger partial charge in [-0.2, -0.15) is 0 Å². The maximum Gasteiger partial charge on any atom is 0.255 e. The lowest BCUT2D eigenvalue weighted by Gasteiger charge is -2.30. The van der Waals surface area contributed by atoms with Gasteiger partial charge in [0.25, 0.3) is 11.8 Å². The second-order valence-electron chi connectivity index (χ2n) is 7.85. The molecule has 1 fully saturated rings. The van der Waals surface area contributed by atoms with Gasteiger partial charge in [0.05, 0.1) is 17.8 Å². The summed E-state index contributed by atoms with van der Waals surface area (Å²) in [6, 6.07) is 6.89. The normalized spacial score (nSPS) is 21.4. The summed E-state index contributed by atoms with van der Waals surface area (Å²) in [6.45, 7) is 2.98. The van der Waals surface area contributed by atoms with Gasteiger partial charge in [0.1, 0.15) is 0 Å². The molecule has 0 spiro atoms. The first-order chi connectivity index (χ1) is 15.4. The van der Waals surface area contributed by atoms with Crippen LogP contribution in [-0.2, 0) is 9.59 Å². The van der Waals surface area contributed by atoms with Crippen molar-refractivity contribution in [2.45, 2.75) is 44.1 Å². The Hall–Kier alpha value is -2.53. The van der Waals surface area contributed by atoms with Crippen LogP contribution in [0.3, 0.4) is 0 Å². The third-order valence-electron chi connectivity index (χ3n) is 5.81. The summed E-state index contributed by atoms with van der Waals surface area (Å²) in [7, 11) is 1.73. The maximum absolute atomic E-state index is 12.8. The number of nitrogens with one attached hydrogen (secondary N) is 3. The molecule has 4 atom stereocenters. The molecule has 0 saturated carbocycles. The number of carbonyl (C=O) groups is 2. The summed E-state index contributed by atoms with van der Waals surface area (Å²) in [5, 5.41) is 29.9. The lowest BCUT2D eigenvalue weighted by atomic mass is 10.1. The minimum absolute atomic E-state index is 0.271. The number of thiol groups is 1. The van der Waals surface area contributed by atoms with Crippen molar-refractivity contribution in [2.24, 2.45) is 0 Å². The summed E-state index contributed by atoms with van der Waals surface area (Å²) >= 11 is 4.16. The molecule has 2 aliphatic rings. The van der Waals surface area contributed by atoms with E-state index in [1.54, 1.807) is 19.4 Å². The highest BCUT2D eigenvalue weighted by Crippen LogP contribution is 2.24. The van der Waals surface area contributed by atoms with Crippen LogP contribution in [0.2, 0.25) is 0 Å². The molecule has 0 radical (unpaired) electrons. The van der Waals surface area contributed by atoms with Gasteiger partial charge in [0.15, 0.2) is 12.2 Å². The van der Waals surface area contributed by atoms with Gasteiger partial charge in [-0.25, -0.2) is 5.43 Å². The zero-order valence-electron chi connectivity index (χ0n) is 18.2. The number of nitrogens with zero attached hydrogens (tertiary/aromatic N) is 2. The molecule has 1 aromatic rings. The monoisotopic (exact) mass is 461 g/mol. The SMILES string of the molecule is CN/C(=C\S)[C@H]1CCCN1C(=O)[C@H](O)[C@@H](O)C(=O)N[C@H](C)c1ccc(N2C=CCN2)cc1. The number of hydrazine groups is 1. The van der Waals surface area contributed by atoms with E-state index in [2.05, 4.69) is 28.7 Å². The topological polar surface area (TPSA) is 117 Å². The molecule has 2 aliphatic heterocycles. The van der Waals surface area contributed by atoms with E-state index in [9.17, 15) is 19.8 Å². The fraction of sp³-hybridized carbons (Fsp3) is 0.455. The Balaban J connectivity index is 1.59. The fourth-order valence-electron chi connectivity index (χ4n) is 3.96. The van der Waals surface area contributed by atoms with Gasteiger partial charge in [-0.05, 0) is 42.9 Å². The van der Waals surface area contributed by atoms with Crippen LogP contribution in [0.5, 0.6) is 0 Å². The van der Waals surface area contributed by atoms with Crippen LogP contribution >= 0.6 is 12.6 Å². The molecule has 2 amide bonds. The maximum atomic E-state index is 12.8. The number of hydrogen-bond donors (Lipinski definition) is 6. The highest BCUT2D eigenvalue weighted by molar-refractivity contribution is 7.83. The molecule has 32 heavy (non-hydrogen) atoms. The van der Waals surface area contributed by atoms with Crippen molar-refractivity contribution in [3.8, 4) is 0 Å². The van der Waals surface area contributed by atoms with Crippen molar-refractivity contribution >= 4 is 30.1 Å². The Morgan fingerprint density at radius 3 is 2.56 bits per heavy atom. The van der Waals surface area contributed by atoms with Crippen LogP contribution in [0.1, 0.15) is 31.4 Å². The van der Waals surface area contributed by atoms with Crippen LogP contribution in [0, 0.1) is 0 Å². The number of hydrogen-bond acceptors (Lipinski definition) is 8. The molecule has 1 saturated heterocycles. The van der Waals surface area contributed by atoms with Crippen LogP contribution in [-0.4, -0.2) is 65.3 Å². The number of rotatable bonds is 8. The van der Waals surface area contributed by atoms with E-state index in [0.29, 0.717) is 13.0 Å². The number of likely N-dealkylation sites (N-methyl/N-ethyl adjacent to an activating group) is 1. The van der Waals surface area contributed by atoms with E-state index in [4.69, 9.17) is 0 Å². The number of aliphatic hydroxyl groups is 2. The minimum atomic E-state index is -1.87. The molecular formula is C22H31N5O4S. The van der Waals surface area contributed by atoms with E-state index < -0.39 is 30.1 Å². The van der Waals surface area contributed by atoms with Crippen molar-refractivity contribution in [3.05, 3.63) is 53.2 Å². The van der Waals surface area contributed by atoms with E-state index in [0.717, 1.165) is 29.9 Å². The van der Waals surface area contributed by atoms with Crippen molar-refractivity contribution in [1.29, 1.82) is 0 Å². The molecule has 0 bridgehead atoms. The number of aliphatic hydroxyl groups excluding tert-OH is 2. The predicted octanol–water partition coefficient (Wildman–Crippen LogP) is 0.406. The van der Waals surface area contributed by atoms with Gasteiger partial charge in [-0.1, -0.05) is 18.2 Å². The van der Waals surface area contributed by atoms with Gasteiger partial charge in [0, 0.05) is 32.0 Å². The molecule has 3 rings (SSSR count). The molecule has 0 unspecified atom stereocenters. The highest BCUT2D eigenvalue weighted by Gasteiger charge is 2.39. The standard InChI is InChI=1S/C22H31N5O4S/c1-14(15-6-8-16(9-7-15)27-12-4-10-24-27)25-21(30)19(28)20(29)22(31)26-11-3-5-18(26)17(13-32)23-2/h4,6-9,12-14,18-20,23-24,28-29,32H,3,5,10-11H2,1-2H3,(H,25,30)/b17-13-/t14-,18-,19-,20-/m1/s1. The van der Waals surface area contributed by atoms with E-state index in [1.807, 2.05) is 41.6 Å². The molecule has 0 aromatic heterocycles. The minimum Gasteiger partial charge on any atom is -0.389 e. The van der Waals surface area contributed by atoms with Crippen molar-refractivity contribution in [1.82, 2.24) is 21.0 Å². The first-order valence-electron chi connectivity index (χ1n) is 10.7. The number of amides is 2. The Morgan fingerprint density at radius 1 is 1.25 bits per heavy atom. The Bertz CT molecular complexity index is 876. The Kier molecular flexibility index (Phi) is 8.19. The first-order valence-corrected chi connectivity index (χ1v) is 11.2. The molecule has 2 heterocycles. The smallest absolute Gasteiger partial charge is 0.255 e. The van der Waals surface area contributed by atoms with E-state index in [1.165, 1.54) is 4.90 Å². The molecule has 9 nitrogen and oxygen atoms in total. The number of likely N-dealkylation sites (tertiary alicyclic amines) is 1. The molecule has 10 heteroatoms. The van der Waals surface area contributed by atoms with Gasteiger partial charge in [0.2, 0.25) is 0 Å². The van der Waals surface area contributed by atoms with Crippen LogP contribution < -0.4 is 21.1 Å². The highest BCUT2D eigenvalue weighted by atomic mass is 32.1. The van der Waals surface area contributed by atoms with E-state index >= 15 is 0 Å². The number of benzene rings is 1. The summed E-state index contributed by atoms with van der Waals surface area (Å²) in [5.41, 5.74) is 5.70. The van der Waals surface area contributed by atoms with Crippen LogP contribution in [0.4, 0.5) is 5.69 Å². The van der Waals surface area contributed by atoms with Gasteiger partial charge in [-0.3, -0.25) is 14.6 Å². The second-order valence-corrected chi connectivity index (χ2v) is 8.11. The van der Waals surface area contributed by atoms with Gasteiger partial charge in [-0.15, -0.1) is 12.6 Å². The molecular weight excluding hydrogens is 430 g/mol. The molecule has 1 aromatic carbocycles. The van der Waals surface area contributed by atoms with Crippen LogP contribution in [0.15, 0.2) is 47.6 Å². The largest absolute Gasteiger partial charge is 0.389 e.